The average molecular weight is 318 g/mol. The van der Waals surface area contributed by atoms with Crippen LogP contribution in [0.2, 0.25) is 0 Å². The molecule has 1 saturated heterocycles. The summed E-state index contributed by atoms with van der Waals surface area (Å²) in [6.45, 7) is 8.90. The molecule has 0 bridgehead atoms. The normalized spacial score (nSPS) is 17.4. The van der Waals surface area contributed by atoms with E-state index in [2.05, 4.69) is 5.32 Å². The number of benzene rings is 1. The van der Waals surface area contributed by atoms with Gasteiger partial charge in [-0.2, -0.15) is 0 Å². The molecule has 1 fully saturated rings. The Hall–Kier alpha value is -2.04. The Labute approximate surface area is 138 Å². The highest BCUT2D eigenvalue weighted by Gasteiger charge is 2.35. The summed E-state index contributed by atoms with van der Waals surface area (Å²) >= 11 is 0. The van der Waals surface area contributed by atoms with Crippen molar-refractivity contribution in [1.29, 1.82) is 0 Å². The van der Waals surface area contributed by atoms with Crippen molar-refractivity contribution in [3.8, 4) is 0 Å². The van der Waals surface area contributed by atoms with Gasteiger partial charge in [0.05, 0.1) is 6.61 Å². The van der Waals surface area contributed by atoms with Crippen LogP contribution in [0, 0.1) is 19.8 Å². The zero-order chi connectivity index (χ0) is 17.0. The Bertz CT molecular complexity index is 584. The number of likely N-dealkylation sites (tertiary alicyclic amines) is 1. The molecule has 1 aromatic rings. The minimum absolute atomic E-state index is 0.143. The fraction of sp³-hybridized carbons (Fsp3) is 0.556. The number of hydrogen-bond donors (Lipinski definition) is 1. The van der Waals surface area contributed by atoms with Gasteiger partial charge >= 0.3 is 6.09 Å². The van der Waals surface area contributed by atoms with E-state index in [4.69, 9.17) is 4.74 Å². The molecule has 5 nitrogen and oxygen atoms in total. The van der Waals surface area contributed by atoms with Gasteiger partial charge in [-0.25, -0.2) is 4.79 Å². The molecule has 2 rings (SSSR count). The molecular formula is C18H26N2O3. The van der Waals surface area contributed by atoms with Gasteiger partial charge in [-0.3, -0.25) is 9.69 Å². The van der Waals surface area contributed by atoms with Crippen LogP contribution in [-0.4, -0.2) is 36.1 Å². The van der Waals surface area contributed by atoms with Gasteiger partial charge in [0, 0.05) is 12.2 Å². The Kier molecular flexibility index (Phi) is 5.64. The lowest BCUT2D eigenvalue weighted by atomic mass is 10.1. The quantitative estimate of drug-likeness (QED) is 0.924. The molecule has 1 atom stereocenters. The summed E-state index contributed by atoms with van der Waals surface area (Å²) in [7, 11) is 0. The number of anilines is 1. The molecule has 1 aliphatic rings. The number of ether oxygens (including phenoxy) is 1. The Balaban J connectivity index is 2.01. The van der Waals surface area contributed by atoms with Gasteiger partial charge < -0.3 is 10.1 Å². The van der Waals surface area contributed by atoms with Crippen molar-refractivity contribution in [2.24, 2.45) is 5.92 Å². The lowest BCUT2D eigenvalue weighted by Crippen LogP contribution is -2.43. The predicted octanol–water partition coefficient (Wildman–Crippen LogP) is 3.50. The molecule has 0 unspecified atom stereocenters. The van der Waals surface area contributed by atoms with Crippen LogP contribution < -0.4 is 5.32 Å². The molecule has 0 spiro atoms. The van der Waals surface area contributed by atoms with E-state index in [1.54, 1.807) is 4.90 Å². The van der Waals surface area contributed by atoms with Crippen molar-refractivity contribution in [2.45, 2.75) is 46.6 Å². The highest BCUT2D eigenvalue weighted by Crippen LogP contribution is 2.22. The Morgan fingerprint density at radius 2 is 2.09 bits per heavy atom. The van der Waals surface area contributed by atoms with Crippen molar-refractivity contribution in [3.63, 3.8) is 0 Å². The first-order valence-corrected chi connectivity index (χ1v) is 8.20. The molecule has 1 aromatic carbocycles. The molecule has 1 aliphatic heterocycles. The molecule has 0 radical (unpaired) electrons. The van der Waals surface area contributed by atoms with E-state index in [1.807, 2.05) is 45.9 Å². The molecule has 126 valence electrons. The van der Waals surface area contributed by atoms with Crippen molar-refractivity contribution in [3.05, 3.63) is 29.3 Å². The zero-order valence-corrected chi connectivity index (χ0v) is 14.4. The summed E-state index contributed by atoms with van der Waals surface area (Å²) in [5.74, 6) is 0.139. The van der Waals surface area contributed by atoms with Crippen LogP contribution in [0.5, 0.6) is 0 Å². The van der Waals surface area contributed by atoms with Crippen LogP contribution in [0.15, 0.2) is 18.2 Å². The second kappa shape index (κ2) is 7.49. The van der Waals surface area contributed by atoms with Crippen LogP contribution in [0.4, 0.5) is 10.5 Å². The van der Waals surface area contributed by atoms with Crippen molar-refractivity contribution < 1.29 is 14.3 Å². The van der Waals surface area contributed by atoms with Crippen LogP contribution in [0.25, 0.3) is 0 Å². The van der Waals surface area contributed by atoms with E-state index in [-0.39, 0.29) is 11.8 Å². The minimum Gasteiger partial charge on any atom is -0.449 e. The van der Waals surface area contributed by atoms with Gasteiger partial charge in [0.2, 0.25) is 5.91 Å². The van der Waals surface area contributed by atoms with Crippen LogP contribution in [-0.2, 0) is 9.53 Å². The molecular weight excluding hydrogens is 292 g/mol. The maximum Gasteiger partial charge on any atom is 0.410 e. The number of hydrogen-bond acceptors (Lipinski definition) is 3. The van der Waals surface area contributed by atoms with Gasteiger partial charge in [0.15, 0.2) is 0 Å². The van der Waals surface area contributed by atoms with Gasteiger partial charge in [0.1, 0.15) is 6.04 Å². The van der Waals surface area contributed by atoms with E-state index in [0.717, 1.165) is 23.2 Å². The van der Waals surface area contributed by atoms with Crippen molar-refractivity contribution >= 4 is 17.7 Å². The van der Waals surface area contributed by atoms with E-state index in [1.165, 1.54) is 0 Å². The molecule has 0 saturated carbocycles. The summed E-state index contributed by atoms with van der Waals surface area (Å²) < 4.78 is 5.26. The molecule has 5 heteroatoms. The fourth-order valence-electron chi connectivity index (χ4n) is 2.75. The van der Waals surface area contributed by atoms with Crippen LogP contribution in [0.1, 0.15) is 37.8 Å². The summed E-state index contributed by atoms with van der Waals surface area (Å²) in [4.78, 5) is 26.2. The first-order chi connectivity index (χ1) is 10.9. The van der Waals surface area contributed by atoms with Gasteiger partial charge in [-0.1, -0.05) is 31.5 Å². The largest absolute Gasteiger partial charge is 0.449 e. The number of carbonyl (C=O) groups excluding carboxylic acids is 2. The van der Waals surface area contributed by atoms with Crippen molar-refractivity contribution in [2.75, 3.05) is 18.5 Å². The first-order valence-electron chi connectivity index (χ1n) is 8.20. The number of nitrogens with one attached hydrogen (secondary N) is 1. The SMILES string of the molecule is Cc1ccc(NC(=O)[C@@H]2CCCN2C(=O)OCC(C)C)c(C)c1. The first kappa shape index (κ1) is 17.3. The fourth-order valence-corrected chi connectivity index (χ4v) is 2.75. The maximum atomic E-state index is 12.5. The minimum atomic E-state index is -0.449. The number of rotatable bonds is 4. The summed E-state index contributed by atoms with van der Waals surface area (Å²) in [6, 6.07) is 5.44. The monoisotopic (exact) mass is 318 g/mol. The summed E-state index contributed by atoms with van der Waals surface area (Å²) in [5, 5.41) is 2.94. The summed E-state index contributed by atoms with van der Waals surface area (Å²) in [6.07, 6.45) is 1.10. The van der Waals surface area contributed by atoms with Gasteiger partial charge in [0.25, 0.3) is 0 Å². The predicted molar refractivity (Wildman–Crippen MR) is 90.5 cm³/mol. The molecule has 0 aliphatic carbocycles. The Morgan fingerprint density at radius 3 is 2.74 bits per heavy atom. The molecule has 0 aromatic heterocycles. The van der Waals surface area contributed by atoms with E-state index < -0.39 is 12.1 Å². The Morgan fingerprint density at radius 1 is 1.35 bits per heavy atom. The van der Waals surface area contributed by atoms with Crippen LogP contribution in [0.3, 0.4) is 0 Å². The molecule has 1 N–H and O–H groups in total. The maximum absolute atomic E-state index is 12.5. The number of amides is 2. The molecule has 2 amide bonds. The van der Waals surface area contributed by atoms with Crippen molar-refractivity contribution in [1.82, 2.24) is 4.90 Å². The third kappa shape index (κ3) is 4.47. The van der Waals surface area contributed by atoms with Crippen LogP contribution >= 0.6 is 0 Å². The zero-order valence-electron chi connectivity index (χ0n) is 14.4. The lowest BCUT2D eigenvalue weighted by Gasteiger charge is -2.24. The number of aryl methyl sites for hydroxylation is 2. The van der Waals surface area contributed by atoms with Gasteiger partial charge in [-0.05, 0) is 44.2 Å². The average Bonchev–Trinajstić information content (AvgIpc) is 2.97. The molecule has 23 heavy (non-hydrogen) atoms. The topological polar surface area (TPSA) is 58.6 Å². The third-order valence-corrected chi connectivity index (χ3v) is 3.97. The third-order valence-electron chi connectivity index (χ3n) is 3.97. The standard InChI is InChI=1S/C18H26N2O3/c1-12(2)11-23-18(22)20-9-5-6-16(20)17(21)19-15-8-7-13(3)10-14(15)4/h7-8,10,12,16H,5-6,9,11H2,1-4H3,(H,19,21)/t16-/m0/s1. The van der Waals surface area contributed by atoms with E-state index in [9.17, 15) is 9.59 Å². The highest BCUT2D eigenvalue weighted by atomic mass is 16.6. The lowest BCUT2D eigenvalue weighted by molar-refractivity contribution is -0.120. The molecule has 1 heterocycles. The number of nitrogens with zero attached hydrogens (tertiary/aromatic N) is 1. The number of carbonyl (C=O) groups is 2. The summed E-state index contributed by atoms with van der Waals surface area (Å²) in [5.41, 5.74) is 2.97. The second-order valence-electron chi connectivity index (χ2n) is 6.63. The highest BCUT2D eigenvalue weighted by molar-refractivity contribution is 5.97. The smallest absolute Gasteiger partial charge is 0.410 e. The van der Waals surface area contributed by atoms with E-state index in [0.29, 0.717) is 19.6 Å². The van der Waals surface area contributed by atoms with Gasteiger partial charge in [-0.15, -0.1) is 0 Å². The second-order valence-corrected chi connectivity index (χ2v) is 6.63. The van der Waals surface area contributed by atoms with E-state index >= 15 is 0 Å².